The van der Waals surface area contributed by atoms with Crippen LogP contribution in [0.3, 0.4) is 0 Å². The van der Waals surface area contributed by atoms with Gasteiger partial charge in [0.05, 0.1) is 0 Å². The van der Waals surface area contributed by atoms with Gasteiger partial charge in [-0.3, -0.25) is 0 Å². The lowest BCUT2D eigenvalue weighted by atomic mass is 10.4. The highest BCUT2D eigenvalue weighted by Gasteiger charge is 1.90. The van der Waals surface area contributed by atoms with Gasteiger partial charge in [0.2, 0.25) is 0 Å². The topological polar surface area (TPSA) is 0 Å². The highest BCUT2D eigenvalue weighted by atomic mass is 35.5. The van der Waals surface area contributed by atoms with Gasteiger partial charge >= 0.3 is 0 Å². The summed E-state index contributed by atoms with van der Waals surface area (Å²) in [5, 5.41) is 0. The minimum Gasteiger partial charge on any atom is -0.127 e. The van der Waals surface area contributed by atoms with Crippen LogP contribution >= 0.6 is 23.4 Å². The number of benzene rings is 1. The molecule has 0 nitrogen and oxygen atoms in total. The molecule has 0 aliphatic rings. The lowest BCUT2D eigenvalue weighted by molar-refractivity contribution is 1.11. The minimum atomic E-state index is 0.764. The van der Waals surface area contributed by atoms with E-state index in [1.807, 2.05) is 31.7 Å². The van der Waals surface area contributed by atoms with Crippen LogP contribution in [0.2, 0.25) is 0 Å². The van der Waals surface area contributed by atoms with Gasteiger partial charge in [-0.15, -0.1) is 23.4 Å². The van der Waals surface area contributed by atoms with Gasteiger partial charge in [0.15, 0.2) is 0 Å². The standard InChI is InChI=1S/C9H11ClS.C2H6/c10-7-4-8-11-9-5-2-1-3-6-9;1-2/h1-3,5-6H,4,7-8H2;1-2H3. The molecule has 0 spiro atoms. The van der Waals surface area contributed by atoms with Crippen molar-refractivity contribution in [1.29, 1.82) is 0 Å². The van der Waals surface area contributed by atoms with Gasteiger partial charge in [0, 0.05) is 10.8 Å². The molecule has 0 aliphatic heterocycles. The maximum absolute atomic E-state index is 5.55. The molecular formula is C11H17ClS. The molecule has 0 saturated carbocycles. The third-order valence-corrected chi connectivity index (χ3v) is 2.66. The predicted octanol–water partition coefficient (Wildman–Crippen LogP) is 4.43. The van der Waals surface area contributed by atoms with Gasteiger partial charge in [0.1, 0.15) is 0 Å². The number of halogens is 1. The van der Waals surface area contributed by atoms with E-state index in [0.717, 1.165) is 18.1 Å². The molecule has 0 aliphatic carbocycles. The first-order chi connectivity index (χ1) is 6.43. The van der Waals surface area contributed by atoms with Crippen LogP contribution in [0.25, 0.3) is 0 Å². The zero-order chi connectivity index (χ0) is 9.94. The van der Waals surface area contributed by atoms with Crippen molar-refractivity contribution >= 4 is 23.4 Å². The molecule has 0 aromatic heterocycles. The van der Waals surface area contributed by atoms with Crippen molar-refractivity contribution in [3.05, 3.63) is 30.3 Å². The molecule has 1 aromatic carbocycles. The average molecular weight is 217 g/mol. The first kappa shape index (κ1) is 12.9. The van der Waals surface area contributed by atoms with Gasteiger partial charge in [-0.1, -0.05) is 32.0 Å². The molecular weight excluding hydrogens is 200 g/mol. The molecule has 0 fully saturated rings. The number of hydrogen-bond acceptors (Lipinski definition) is 1. The number of alkyl halides is 1. The van der Waals surface area contributed by atoms with E-state index in [-0.39, 0.29) is 0 Å². The Morgan fingerprint density at radius 2 is 1.77 bits per heavy atom. The van der Waals surface area contributed by atoms with Crippen molar-refractivity contribution in [2.75, 3.05) is 11.6 Å². The Labute approximate surface area is 90.7 Å². The van der Waals surface area contributed by atoms with E-state index in [4.69, 9.17) is 11.6 Å². The number of rotatable bonds is 4. The SMILES string of the molecule is CC.ClCCCSc1ccccc1. The lowest BCUT2D eigenvalue weighted by Gasteiger charge is -1.97. The Kier molecular flexibility index (Phi) is 9.84. The van der Waals surface area contributed by atoms with Crippen LogP contribution in [-0.4, -0.2) is 11.6 Å². The first-order valence-electron chi connectivity index (χ1n) is 4.67. The first-order valence-corrected chi connectivity index (χ1v) is 6.19. The maximum Gasteiger partial charge on any atom is 0.0231 e. The summed E-state index contributed by atoms with van der Waals surface area (Å²) >= 11 is 7.41. The van der Waals surface area contributed by atoms with Crippen LogP contribution < -0.4 is 0 Å². The van der Waals surface area contributed by atoms with Gasteiger partial charge in [0.25, 0.3) is 0 Å². The van der Waals surface area contributed by atoms with E-state index >= 15 is 0 Å². The van der Waals surface area contributed by atoms with Crippen LogP contribution in [-0.2, 0) is 0 Å². The van der Waals surface area contributed by atoms with Crippen molar-refractivity contribution in [1.82, 2.24) is 0 Å². The third-order valence-electron chi connectivity index (χ3n) is 1.29. The second-order valence-electron chi connectivity index (χ2n) is 2.20. The second-order valence-corrected chi connectivity index (χ2v) is 3.75. The quantitative estimate of drug-likeness (QED) is 0.408. The van der Waals surface area contributed by atoms with Crippen molar-refractivity contribution < 1.29 is 0 Å². The molecule has 1 rings (SSSR count). The lowest BCUT2D eigenvalue weighted by Crippen LogP contribution is -1.79. The normalized spacial score (nSPS) is 8.85. The fourth-order valence-electron chi connectivity index (χ4n) is 0.761. The summed E-state index contributed by atoms with van der Waals surface area (Å²) in [6.07, 6.45) is 1.08. The predicted molar refractivity (Wildman–Crippen MR) is 63.9 cm³/mol. The zero-order valence-electron chi connectivity index (χ0n) is 8.29. The number of thioether (sulfide) groups is 1. The van der Waals surface area contributed by atoms with Crippen molar-refractivity contribution in [2.24, 2.45) is 0 Å². The van der Waals surface area contributed by atoms with Gasteiger partial charge in [-0.2, -0.15) is 0 Å². The minimum absolute atomic E-state index is 0.764. The largest absolute Gasteiger partial charge is 0.127 e. The highest BCUT2D eigenvalue weighted by Crippen LogP contribution is 2.17. The Hall–Kier alpha value is -0.140. The molecule has 13 heavy (non-hydrogen) atoms. The average Bonchev–Trinajstić information content (AvgIpc) is 2.23. The van der Waals surface area contributed by atoms with E-state index in [0.29, 0.717) is 0 Å². The van der Waals surface area contributed by atoms with Crippen LogP contribution in [0.15, 0.2) is 35.2 Å². The summed E-state index contributed by atoms with van der Waals surface area (Å²) in [6, 6.07) is 10.4. The smallest absolute Gasteiger partial charge is 0.0231 e. The summed E-state index contributed by atoms with van der Waals surface area (Å²) in [5.74, 6) is 1.88. The Morgan fingerprint density at radius 1 is 1.15 bits per heavy atom. The van der Waals surface area contributed by atoms with Gasteiger partial charge in [-0.05, 0) is 24.3 Å². The molecule has 0 bridgehead atoms. The number of hydrogen-bond donors (Lipinski definition) is 0. The van der Waals surface area contributed by atoms with Crippen LogP contribution in [0.5, 0.6) is 0 Å². The van der Waals surface area contributed by atoms with Crippen LogP contribution in [0.4, 0.5) is 0 Å². The zero-order valence-corrected chi connectivity index (χ0v) is 9.87. The van der Waals surface area contributed by atoms with Gasteiger partial charge in [-0.25, -0.2) is 0 Å². The van der Waals surface area contributed by atoms with E-state index in [2.05, 4.69) is 24.3 Å². The summed E-state index contributed by atoms with van der Waals surface area (Å²) in [5.41, 5.74) is 0. The monoisotopic (exact) mass is 216 g/mol. The summed E-state index contributed by atoms with van der Waals surface area (Å²) in [6.45, 7) is 4.00. The van der Waals surface area contributed by atoms with Crippen LogP contribution in [0, 0.1) is 0 Å². The van der Waals surface area contributed by atoms with Crippen molar-refractivity contribution in [2.45, 2.75) is 25.2 Å². The molecule has 0 N–H and O–H groups in total. The Balaban J connectivity index is 0.000000671. The summed E-state index contributed by atoms with van der Waals surface area (Å²) in [7, 11) is 0. The molecule has 0 atom stereocenters. The van der Waals surface area contributed by atoms with E-state index < -0.39 is 0 Å². The fraction of sp³-hybridized carbons (Fsp3) is 0.455. The Morgan fingerprint density at radius 3 is 2.31 bits per heavy atom. The fourth-order valence-corrected chi connectivity index (χ4v) is 1.93. The van der Waals surface area contributed by atoms with Gasteiger partial charge < -0.3 is 0 Å². The second kappa shape index (κ2) is 9.94. The van der Waals surface area contributed by atoms with Crippen LogP contribution in [0.1, 0.15) is 20.3 Å². The molecule has 0 amide bonds. The molecule has 74 valence electrons. The van der Waals surface area contributed by atoms with Crippen molar-refractivity contribution in [3.8, 4) is 0 Å². The van der Waals surface area contributed by atoms with E-state index in [1.165, 1.54) is 4.90 Å². The molecule has 1 aromatic rings. The molecule has 2 heteroatoms. The molecule has 0 saturated heterocycles. The van der Waals surface area contributed by atoms with E-state index in [9.17, 15) is 0 Å². The maximum atomic E-state index is 5.55. The van der Waals surface area contributed by atoms with Crippen molar-refractivity contribution in [3.63, 3.8) is 0 Å². The van der Waals surface area contributed by atoms with E-state index in [1.54, 1.807) is 0 Å². The molecule has 0 heterocycles. The molecule has 0 unspecified atom stereocenters. The summed E-state index contributed by atoms with van der Waals surface area (Å²) in [4.78, 5) is 1.33. The Bertz CT molecular complexity index is 187. The molecule has 0 radical (unpaired) electrons. The summed E-state index contributed by atoms with van der Waals surface area (Å²) < 4.78 is 0. The highest BCUT2D eigenvalue weighted by molar-refractivity contribution is 7.99. The third kappa shape index (κ3) is 6.97.